The number of nitrogens with zero attached hydrogens (tertiary/aromatic N) is 3. The standard InChI is InChI=1S/C16H10Cl3N3O2/c17-11-1-2-13(18)12(7-11)9-5-10(8-21-22-20)15(14(19)6-9)16-23-3-4-24-16/h1-7,16H,8H2. The third-order valence-corrected chi connectivity index (χ3v) is 4.33. The van der Waals surface area contributed by atoms with E-state index in [0.29, 0.717) is 26.2 Å². The number of benzene rings is 2. The van der Waals surface area contributed by atoms with Gasteiger partial charge in [0, 0.05) is 20.5 Å². The highest BCUT2D eigenvalue weighted by atomic mass is 35.5. The molecule has 3 rings (SSSR count). The Morgan fingerprint density at radius 1 is 1.04 bits per heavy atom. The molecule has 0 aliphatic carbocycles. The van der Waals surface area contributed by atoms with E-state index in [1.165, 1.54) is 12.5 Å². The van der Waals surface area contributed by atoms with Gasteiger partial charge in [0.2, 0.25) is 0 Å². The largest absolute Gasteiger partial charge is 0.455 e. The molecule has 0 radical (unpaired) electrons. The lowest BCUT2D eigenvalue weighted by atomic mass is 9.98. The second-order valence-corrected chi connectivity index (χ2v) is 6.17. The zero-order valence-electron chi connectivity index (χ0n) is 12.1. The predicted octanol–water partition coefficient (Wildman–Crippen LogP) is 6.64. The number of halogens is 3. The summed E-state index contributed by atoms with van der Waals surface area (Å²) in [5.74, 6) is 0. The van der Waals surface area contributed by atoms with Crippen LogP contribution in [0.3, 0.4) is 0 Å². The van der Waals surface area contributed by atoms with E-state index >= 15 is 0 Å². The van der Waals surface area contributed by atoms with Crippen LogP contribution in [0, 0.1) is 0 Å². The summed E-state index contributed by atoms with van der Waals surface area (Å²) >= 11 is 18.8. The van der Waals surface area contributed by atoms with Crippen molar-refractivity contribution >= 4 is 34.8 Å². The number of azide groups is 1. The van der Waals surface area contributed by atoms with Gasteiger partial charge < -0.3 is 9.47 Å². The van der Waals surface area contributed by atoms with Gasteiger partial charge in [-0.05, 0) is 40.9 Å². The number of ether oxygens (including phenoxy) is 2. The number of hydrogen-bond acceptors (Lipinski definition) is 3. The predicted molar refractivity (Wildman–Crippen MR) is 93.8 cm³/mol. The Balaban J connectivity index is 2.13. The minimum absolute atomic E-state index is 0.0980. The fraction of sp³-hybridized carbons (Fsp3) is 0.125. The first-order valence-electron chi connectivity index (χ1n) is 6.84. The summed E-state index contributed by atoms with van der Waals surface area (Å²) in [6, 6.07) is 8.74. The lowest BCUT2D eigenvalue weighted by Gasteiger charge is -2.18. The molecule has 0 aromatic heterocycles. The van der Waals surface area contributed by atoms with Gasteiger partial charge in [-0.1, -0.05) is 46.0 Å². The molecule has 8 heteroatoms. The molecule has 122 valence electrons. The second kappa shape index (κ2) is 7.24. The van der Waals surface area contributed by atoms with Crippen molar-refractivity contribution in [3.63, 3.8) is 0 Å². The summed E-state index contributed by atoms with van der Waals surface area (Å²) in [4.78, 5) is 2.80. The highest BCUT2D eigenvalue weighted by Crippen LogP contribution is 2.39. The molecule has 24 heavy (non-hydrogen) atoms. The third-order valence-electron chi connectivity index (χ3n) is 3.45. The lowest BCUT2D eigenvalue weighted by Crippen LogP contribution is -2.04. The Labute approximate surface area is 153 Å². The Bertz CT molecular complexity index is 856. The molecule has 0 unspecified atom stereocenters. The fourth-order valence-electron chi connectivity index (χ4n) is 2.43. The third kappa shape index (κ3) is 3.40. The van der Waals surface area contributed by atoms with E-state index in [1.54, 1.807) is 24.3 Å². The Morgan fingerprint density at radius 2 is 1.79 bits per heavy atom. The van der Waals surface area contributed by atoms with Crippen molar-refractivity contribution in [1.82, 2.24) is 0 Å². The molecule has 0 fully saturated rings. The summed E-state index contributed by atoms with van der Waals surface area (Å²) in [6.45, 7) is 0.0980. The van der Waals surface area contributed by atoms with Gasteiger partial charge in [-0.3, -0.25) is 0 Å². The van der Waals surface area contributed by atoms with Crippen LogP contribution in [-0.2, 0) is 16.0 Å². The molecular formula is C16H10Cl3N3O2. The smallest absolute Gasteiger partial charge is 0.268 e. The van der Waals surface area contributed by atoms with Crippen LogP contribution >= 0.6 is 34.8 Å². The van der Waals surface area contributed by atoms with Crippen molar-refractivity contribution in [2.24, 2.45) is 5.11 Å². The van der Waals surface area contributed by atoms with E-state index in [0.717, 1.165) is 11.1 Å². The SMILES string of the molecule is [N-]=[N+]=NCc1cc(-c2cc(Cl)ccc2Cl)cc(Cl)c1C1OC=CO1. The van der Waals surface area contributed by atoms with Crippen LogP contribution in [0.1, 0.15) is 17.4 Å². The van der Waals surface area contributed by atoms with Crippen LogP contribution in [0.15, 0.2) is 48.0 Å². The van der Waals surface area contributed by atoms with Gasteiger partial charge in [-0.25, -0.2) is 0 Å². The molecule has 5 nitrogen and oxygen atoms in total. The van der Waals surface area contributed by atoms with Gasteiger partial charge in [0.15, 0.2) is 0 Å². The first-order chi connectivity index (χ1) is 11.6. The Morgan fingerprint density at radius 3 is 2.50 bits per heavy atom. The average molecular weight is 383 g/mol. The number of rotatable bonds is 4. The van der Waals surface area contributed by atoms with Crippen molar-refractivity contribution in [1.29, 1.82) is 0 Å². The van der Waals surface area contributed by atoms with Gasteiger partial charge in [0.1, 0.15) is 12.5 Å². The van der Waals surface area contributed by atoms with Gasteiger partial charge in [-0.15, -0.1) is 0 Å². The van der Waals surface area contributed by atoms with Crippen LogP contribution in [0.25, 0.3) is 21.6 Å². The molecule has 0 saturated heterocycles. The topological polar surface area (TPSA) is 67.2 Å². The molecule has 0 bridgehead atoms. The molecule has 0 atom stereocenters. The molecule has 1 heterocycles. The first kappa shape index (κ1) is 16.8. The summed E-state index contributed by atoms with van der Waals surface area (Å²) in [5.41, 5.74) is 11.4. The first-order valence-corrected chi connectivity index (χ1v) is 7.98. The maximum atomic E-state index is 8.63. The maximum absolute atomic E-state index is 8.63. The van der Waals surface area contributed by atoms with Crippen LogP contribution in [0.2, 0.25) is 15.1 Å². The van der Waals surface area contributed by atoms with Crippen molar-refractivity contribution in [3.8, 4) is 11.1 Å². The Kier molecular flexibility index (Phi) is 5.07. The lowest BCUT2D eigenvalue weighted by molar-refractivity contribution is -0.0251. The van der Waals surface area contributed by atoms with Gasteiger partial charge >= 0.3 is 0 Å². The van der Waals surface area contributed by atoms with Crippen molar-refractivity contribution in [2.45, 2.75) is 12.8 Å². The monoisotopic (exact) mass is 381 g/mol. The molecule has 0 saturated carbocycles. The Hall–Kier alpha value is -2.04. The zero-order valence-corrected chi connectivity index (χ0v) is 14.4. The average Bonchev–Trinajstić information content (AvgIpc) is 3.08. The number of hydrogen-bond donors (Lipinski definition) is 0. The molecule has 0 spiro atoms. The van der Waals surface area contributed by atoms with Gasteiger partial charge in [0.05, 0.1) is 17.1 Å². The van der Waals surface area contributed by atoms with Crippen LogP contribution < -0.4 is 0 Å². The van der Waals surface area contributed by atoms with Crippen molar-refractivity contribution in [2.75, 3.05) is 0 Å². The summed E-state index contributed by atoms with van der Waals surface area (Å²) in [5, 5.41) is 5.13. The molecule has 0 amide bonds. The highest BCUT2D eigenvalue weighted by Gasteiger charge is 2.24. The van der Waals surface area contributed by atoms with E-state index in [4.69, 9.17) is 49.8 Å². The highest BCUT2D eigenvalue weighted by molar-refractivity contribution is 6.35. The van der Waals surface area contributed by atoms with Crippen LogP contribution in [-0.4, -0.2) is 0 Å². The van der Waals surface area contributed by atoms with Crippen molar-refractivity contribution < 1.29 is 9.47 Å². The molecule has 2 aromatic carbocycles. The van der Waals surface area contributed by atoms with Gasteiger partial charge in [0.25, 0.3) is 6.29 Å². The summed E-state index contributed by atoms with van der Waals surface area (Å²) in [6.07, 6.45) is 2.19. The summed E-state index contributed by atoms with van der Waals surface area (Å²) in [7, 11) is 0. The van der Waals surface area contributed by atoms with Gasteiger partial charge in [-0.2, -0.15) is 0 Å². The molecule has 1 aliphatic heterocycles. The van der Waals surface area contributed by atoms with E-state index < -0.39 is 6.29 Å². The fourth-order valence-corrected chi connectivity index (χ4v) is 3.15. The zero-order chi connectivity index (χ0) is 17.1. The quantitative estimate of drug-likeness (QED) is 0.338. The molecular weight excluding hydrogens is 373 g/mol. The summed E-state index contributed by atoms with van der Waals surface area (Å²) < 4.78 is 10.7. The maximum Gasteiger partial charge on any atom is 0.268 e. The van der Waals surface area contributed by atoms with Crippen molar-refractivity contribution in [3.05, 3.63) is 79.5 Å². The van der Waals surface area contributed by atoms with E-state index in [1.807, 2.05) is 6.07 Å². The van der Waals surface area contributed by atoms with Crippen LogP contribution in [0.5, 0.6) is 0 Å². The minimum Gasteiger partial charge on any atom is -0.455 e. The van der Waals surface area contributed by atoms with E-state index in [-0.39, 0.29) is 6.54 Å². The van der Waals surface area contributed by atoms with Crippen LogP contribution in [0.4, 0.5) is 0 Å². The second-order valence-electron chi connectivity index (χ2n) is 4.92. The normalized spacial score (nSPS) is 13.3. The minimum atomic E-state index is -0.676. The van der Waals surface area contributed by atoms with E-state index in [2.05, 4.69) is 10.0 Å². The van der Waals surface area contributed by atoms with E-state index in [9.17, 15) is 0 Å². The molecule has 0 N–H and O–H groups in total. The molecule has 1 aliphatic rings. The molecule has 2 aromatic rings.